The molecule has 98 valence electrons. The number of carbonyl (C=O) groups excluding carboxylic acids is 1. The third-order valence-electron chi connectivity index (χ3n) is 2.70. The third kappa shape index (κ3) is 2.50. The van der Waals surface area contributed by atoms with Gasteiger partial charge in [-0.25, -0.2) is 4.98 Å². The lowest BCUT2D eigenvalue weighted by atomic mass is 10.2. The summed E-state index contributed by atoms with van der Waals surface area (Å²) in [5.41, 5.74) is 0. The molecule has 0 fully saturated rings. The van der Waals surface area contributed by atoms with Crippen LogP contribution in [0.5, 0.6) is 0 Å². The molecule has 1 aliphatic heterocycles. The van der Waals surface area contributed by atoms with E-state index in [-0.39, 0.29) is 11.9 Å². The molecule has 2 heterocycles. The van der Waals surface area contributed by atoms with E-state index in [4.69, 9.17) is 4.74 Å². The molecular weight excluding hydrogens is 252 g/mol. The number of aliphatic imine (C=N–C) groups is 1. The highest BCUT2D eigenvalue weighted by molar-refractivity contribution is 7.07. The van der Waals surface area contributed by atoms with E-state index in [9.17, 15) is 4.79 Å². The molecule has 6 nitrogen and oxygen atoms in total. The molecule has 2 rings (SSSR count). The molecule has 18 heavy (non-hydrogen) atoms. The zero-order valence-electron chi connectivity index (χ0n) is 10.7. The van der Waals surface area contributed by atoms with Gasteiger partial charge in [0.1, 0.15) is 11.9 Å². The minimum atomic E-state index is -0.143. The molecule has 0 radical (unpaired) electrons. The fraction of sp³-hybridized carbons (Fsp3) is 0.636. The molecule has 0 spiro atoms. The fourth-order valence-corrected chi connectivity index (χ4v) is 2.45. The van der Waals surface area contributed by atoms with Crippen LogP contribution in [0.2, 0.25) is 0 Å². The van der Waals surface area contributed by atoms with Crippen molar-refractivity contribution >= 4 is 23.3 Å². The lowest BCUT2D eigenvalue weighted by Gasteiger charge is -2.31. The van der Waals surface area contributed by atoms with Crippen LogP contribution in [0.1, 0.15) is 29.5 Å². The zero-order valence-corrected chi connectivity index (χ0v) is 11.5. The molecule has 1 amide bonds. The summed E-state index contributed by atoms with van der Waals surface area (Å²) in [6, 6.07) is -0.143. The minimum Gasteiger partial charge on any atom is -0.480 e. The van der Waals surface area contributed by atoms with Crippen molar-refractivity contribution in [2.75, 3.05) is 19.7 Å². The van der Waals surface area contributed by atoms with Crippen molar-refractivity contribution in [3.63, 3.8) is 0 Å². The highest BCUT2D eigenvalue weighted by Crippen LogP contribution is 2.15. The number of aryl methyl sites for hydroxylation is 1. The molecule has 0 aromatic carbocycles. The zero-order chi connectivity index (χ0) is 13.1. The topological polar surface area (TPSA) is 67.7 Å². The van der Waals surface area contributed by atoms with Gasteiger partial charge in [0.25, 0.3) is 5.91 Å². The van der Waals surface area contributed by atoms with Gasteiger partial charge < -0.3 is 9.64 Å². The maximum Gasteiger partial charge on any atom is 0.285 e. The predicted molar refractivity (Wildman–Crippen MR) is 69.1 cm³/mol. The van der Waals surface area contributed by atoms with E-state index in [1.807, 2.05) is 13.8 Å². The summed E-state index contributed by atoms with van der Waals surface area (Å²) in [6.07, 6.45) is 0. The van der Waals surface area contributed by atoms with Crippen LogP contribution < -0.4 is 0 Å². The largest absolute Gasteiger partial charge is 0.480 e. The van der Waals surface area contributed by atoms with E-state index in [0.717, 1.165) is 11.5 Å². The standard InChI is InChI=1S/C11H16N4O2S/c1-4-17-9-7(2)15(6-5-12-9)11(16)10-13-8(3)14-18-10/h7H,4-6H2,1-3H3/t7-/m1/s1. The summed E-state index contributed by atoms with van der Waals surface area (Å²) in [4.78, 5) is 22.5. The second kappa shape index (κ2) is 5.43. The number of nitrogens with zero attached hydrogens (tertiary/aromatic N) is 4. The second-order valence-electron chi connectivity index (χ2n) is 3.97. The smallest absolute Gasteiger partial charge is 0.285 e. The van der Waals surface area contributed by atoms with E-state index in [2.05, 4.69) is 14.3 Å². The number of rotatable bonds is 2. The monoisotopic (exact) mass is 268 g/mol. The summed E-state index contributed by atoms with van der Waals surface area (Å²) < 4.78 is 9.47. The third-order valence-corrected chi connectivity index (χ3v) is 3.49. The molecular formula is C11H16N4O2S. The minimum absolute atomic E-state index is 0.0970. The first-order chi connectivity index (χ1) is 8.63. The Morgan fingerprint density at radius 3 is 3.00 bits per heavy atom. The van der Waals surface area contributed by atoms with Crippen LogP contribution in [0.25, 0.3) is 0 Å². The Morgan fingerprint density at radius 1 is 1.61 bits per heavy atom. The summed E-state index contributed by atoms with van der Waals surface area (Å²) in [5.74, 6) is 1.16. The van der Waals surface area contributed by atoms with Gasteiger partial charge in [-0.15, -0.1) is 0 Å². The average Bonchev–Trinajstić information content (AvgIpc) is 2.78. The highest BCUT2D eigenvalue weighted by atomic mass is 32.1. The Bertz CT molecular complexity index is 471. The van der Waals surface area contributed by atoms with Gasteiger partial charge in [0.05, 0.1) is 13.2 Å². The summed E-state index contributed by atoms with van der Waals surface area (Å²) in [7, 11) is 0. The van der Waals surface area contributed by atoms with Gasteiger partial charge >= 0.3 is 0 Å². The SMILES string of the molecule is CCOC1=NCCN(C(=O)c2nc(C)ns2)[C@@H]1C. The maximum atomic E-state index is 12.3. The van der Waals surface area contributed by atoms with Gasteiger partial charge in [0.2, 0.25) is 10.9 Å². The number of aromatic nitrogens is 2. The number of ether oxygens (including phenoxy) is 1. The second-order valence-corrected chi connectivity index (χ2v) is 4.73. The molecule has 0 saturated heterocycles. The van der Waals surface area contributed by atoms with Crippen LogP contribution in [-0.2, 0) is 4.74 Å². The highest BCUT2D eigenvalue weighted by Gasteiger charge is 2.30. The maximum absolute atomic E-state index is 12.3. The van der Waals surface area contributed by atoms with E-state index >= 15 is 0 Å². The van der Waals surface area contributed by atoms with Crippen LogP contribution in [0, 0.1) is 6.92 Å². The van der Waals surface area contributed by atoms with Gasteiger partial charge in [-0.3, -0.25) is 9.79 Å². The first-order valence-electron chi connectivity index (χ1n) is 5.92. The molecule has 1 aromatic rings. The van der Waals surface area contributed by atoms with Crippen molar-refractivity contribution in [3.05, 3.63) is 10.8 Å². The Labute approximate surface area is 110 Å². The van der Waals surface area contributed by atoms with Crippen LogP contribution >= 0.6 is 11.5 Å². The number of carbonyl (C=O) groups is 1. The van der Waals surface area contributed by atoms with Crippen LogP contribution in [0.3, 0.4) is 0 Å². The first kappa shape index (κ1) is 12.9. The van der Waals surface area contributed by atoms with Gasteiger partial charge in [-0.2, -0.15) is 4.37 Å². The van der Waals surface area contributed by atoms with E-state index in [1.54, 1.807) is 11.8 Å². The fourth-order valence-electron chi connectivity index (χ4n) is 1.83. The van der Waals surface area contributed by atoms with Crippen LogP contribution in [0.15, 0.2) is 4.99 Å². The Hall–Kier alpha value is -1.50. The summed E-state index contributed by atoms with van der Waals surface area (Å²) in [6.45, 7) is 7.32. The normalized spacial score (nSPS) is 19.6. The molecule has 0 unspecified atom stereocenters. The summed E-state index contributed by atoms with van der Waals surface area (Å²) >= 11 is 1.13. The lowest BCUT2D eigenvalue weighted by Crippen LogP contribution is -2.48. The van der Waals surface area contributed by atoms with Crippen LogP contribution in [-0.4, -0.2) is 51.8 Å². The van der Waals surface area contributed by atoms with Gasteiger partial charge in [-0.05, 0) is 32.3 Å². The first-order valence-corrected chi connectivity index (χ1v) is 6.69. The number of amides is 1. The van der Waals surface area contributed by atoms with Crippen molar-refractivity contribution < 1.29 is 9.53 Å². The van der Waals surface area contributed by atoms with Crippen LogP contribution in [0.4, 0.5) is 0 Å². The Kier molecular flexibility index (Phi) is 3.90. The van der Waals surface area contributed by atoms with Crippen molar-refractivity contribution in [2.24, 2.45) is 4.99 Å². The number of hydrogen-bond donors (Lipinski definition) is 0. The quantitative estimate of drug-likeness (QED) is 0.806. The van der Waals surface area contributed by atoms with Gasteiger partial charge in [0, 0.05) is 6.54 Å². The molecule has 1 atom stereocenters. The average molecular weight is 268 g/mol. The molecule has 7 heteroatoms. The van der Waals surface area contributed by atoms with E-state index in [0.29, 0.717) is 36.4 Å². The molecule has 0 N–H and O–H groups in total. The summed E-state index contributed by atoms with van der Waals surface area (Å²) in [5, 5.41) is 0.428. The Balaban J connectivity index is 2.14. The Morgan fingerprint density at radius 2 is 2.39 bits per heavy atom. The van der Waals surface area contributed by atoms with Gasteiger partial charge in [-0.1, -0.05) is 0 Å². The van der Waals surface area contributed by atoms with E-state index in [1.165, 1.54) is 0 Å². The van der Waals surface area contributed by atoms with Crippen molar-refractivity contribution in [1.82, 2.24) is 14.3 Å². The van der Waals surface area contributed by atoms with Crippen molar-refractivity contribution in [3.8, 4) is 0 Å². The van der Waals surface area contributed by atoms with Crippen molar-refractivity contribution in [2.45, 2.75) is 26.8 Å². The molecule has 0 saturated carbocycles. The van der Waals surface area contributed by atoms with E-state index < -0.39 is 0 Å². The van der Waals surface area contributed by atoms with Gasteiger partial charge in [0.15, 0.2) is 0 Å². The molecule has 1 aromatic heterocycles. The number of hydrogen-bond acceptors (Lipinski definition) is 6. The molecule has 1 aliphatic rings. The predicted octanol–water partition coefficient (Wildman–Crippen LogP) is 1.13. The molecule has 0 bridgehead atoms. The lowest BCUT2D eigenvalue weighted by molar-refractivity contribution is 0.0709. The van der Waals surface area contributed by atoms with Crippen molar-refractivity contribution in [1.29, 1.82) is 0 Å². The molecule has 0 aliphatic carbocycles.